The summed E-state index contributed by atoms with van der Waals surface area (Å²) in [5.74, 6) is 0. The molecule has 3 heteroatoms. The molecule has 1 aliphatic rings. The molecule has 0 aromatic carbocycles. The molecule has 0 fully saturated rings. The summed E-state index contributed by atoms with van der Waals surface area (Å²) < 4.78 is 0. The van der Waals surface area contributed by atoms with Crippen molar-refractivity contribution in [3.8, 4) is 0 Å². The summed E-state index contributed by atoms with van der Waals surface area (Å²) in [6.45, 7) is 4.66. The van der Waals surface area contributed by atoms with Crippen LogP contribution >= 0.6 is 0 Å². The quantitative estimate of drug-likeness (QED) is 0.541. The van der Waals surface area contributed by atoms with Gasteiger partial charge in [0.25, 0.3) is 0 Å². The van der Waals surface area contributed by atoms with Crippen molar-refractivity contribution in [1.82, 2.24) is 10.2 Å². The van der Waals surface area contributed by atoms with E-state index in [-0.39, 0.29) is 6.03 Å². The first kappa shape index (κ1) is 9.01. The third-order valence-electron chi connectivity index (χ3n) is 1.02. The van der Waals surface area contributed by atoms with E-state index in [9.17, 15) is 4.79 Å². The van der Waals surface area contributed by atoms with Gasteiger partial charge in [0.2, 0.25) is 0 Å². The molecular formula is C7H14N2O. The van der Waals surface area contributed by atoms with Gasteiger partial charge >= 0.3 is 6.03 Å². The monoisotopic (exact) mass is 142 g/mol. The fourth-order valence-corrected chi connectivity index (χ4v) is 0.549. The number of urea groups is 1. The van der Waals surface area contributed by atoms with Gasteiger partial charge < -0.3 is 10.2 Å². The van der Waals surface area contributed by atoms with Crippen molar-refractivity contribution in [3.05, 3.63) is 12.3 Å². The molecule has 0 atom stereocenters. The van der Waals surface area contributed by atoms with Crippen LogP contribution in [0, 0.1) is 0 Å². The number of nitrogens with one attached hydrogen (secondary N) is 1. The molecule has 10 heavy (non-hydrogen) atoms. The zero-order valence-electron chi connectivity index (χ0n) is 6.72. The number of carbonyl (C=O) groups excluding carboxylic acids is 1. The summed E-state index contributed by atoms with van der Waals surface area (Å²) in [6.07, 6.45) is 3.64. The van der Waals surface area contributed by atoms with E-state index in [0.29, 0.717) is 6.54 Å². The van der Waals surface area contributed by atoms with E-state index in [1.165, 1.54) is 4.90 Å². The standard InChI is InChI=1S/C5H8N2O.C2H6/c1-7-4-2-3-6-5(7)8;1-2/h2,4H,3H2,1H3,(H,6,8);1-2H3. The molecule has 1 rings (SSSR count). The lowest BCUT2D eigenvalue weighted by atomic mass is 10.5. The Morgan fingerprint density at radius 3 is 2.50 bits per heavy atom. The molecule has 0 aromatic rings. The van der Waals surface area contributed by atoms with Crippen LogP contribution in [0.3, 0.4) is 0 Å². The van der Waals surface area contributed by atoms with Crippen LogP contribution in [0.25, 0.3) is 0 Å². The molecule has 58 valence electrons. The minimum absolute atomic E-state index is 0.0347. The van der Waals surface area contributed by atoms with Gasteiger partial charge in [-0.25, -0.2) is 4.79 Å². The Morgan fingerprint density at radius 1 is 1.60 bits per heavy atom. The van der Waals surface area contributed by atoms with Crippen LogP contribution in [0.2, 0.25) is 0 Å². The molecule has 2 amide bonds. The Labute approximate surface area is 61.7 Å². The van der Waals surface area contributed by atoms with Crippen LogP contribution in [0.1, 0.15) is 13.8 Å². The van der Waals surface area contributed by atoms with E-state index >= 15 is 0 Å². The summed E-state index contributed by atoms with van der Waals surface area (Å²) in [7, 11) is 1.71. The highest BCUT2D eigenvalue weighted by Gasteiger charge is 2.05. The number of hydrogen-bond acceptors (Lipinski definition) is 1. The third-order valence-corrected chi connectivity index (χ3v) is 1.02. The van der Waals surface area contributed by atoms with Gasteiger partial charge in [0.15, 0.2) is 0 Å². The lowest BCUT2D eigenvalue weighted by molar-refractivity contribution is 0.221. The molecule has 0 spiro atoms. The van der Waals surface area contributed by atoms with Gasteiger partial charge in [-0.3, -0.25) is 0 Å². The largest absolute Gasteiger partial charge is 0.334 e. The van der Waals surface area contributed by atoms with Gasteiger partial charge in [-0.1, -0.05) is 13.8 Å². The normalized spacial score (nSPS) is 15.5. The average molecular weight is 142 g/mol. The zero-order chi connectivity index (χ0) is 7.98. The minimum Gasteiger partial charge on any atom is -0.334 e. The lowest BCUT2D eigenvalue weighted by Crippen LogP contribution is -2.37. The smallest absolute Gasteiger partial charge is 0.321 e. The van der Waals surface area contributed by atoms with Crippen LogP contribution in [0.15, 0.2) is 12.3 Å². The van der Waals surface area contributed by atoms with E-state index in [4.69, 9.17) is 0 Å². The van der Waals surface area contributed by atoms with Crippen LogP contribution in [0.4, 0.5) is 4.79 Å². The average Bonchev–Trinajstić information content (AvgIpc) is 2.00. The van der Waals surface area contributed by atoms with Crippen molar-refractivity contribution in [3.63, 3.8) is 0 Å². The molecule has 0 radical (unpaired) electrons. The third kappa shape index (κ3) is 2.53. The predicted molar refractivity (Wildman–Crippen MR) is 41.6 cm³/mol. The van der Waals surface area contributed by atoms with E-state index in [1.807, 2.05) is 19.9 Å². The van der Waals surface area contributed by atoms with Gasteiger partial charge in [-0.05, 0) is 6.08 Å². The number of carbonyl (C=O) groups is 1. The van der Waals surface area contributed by atoms with Crippen LogP contribution < -0.4 is 5.32 Å². The van der Waals surface area contributed by atoms with E-state index < -0.39 is 0 Å². The second-order valence-electron chi connectivity index (χ2n) is 1.68. The first-order valence-electron chi connectivity index (χ1n) is 3.48. The number of hydrogen-bond donors (Lipinski definition) is 1. The van der Waals surface area contributed by atoms with Crippen molar-refractivity contribution >= 4 is 6.03 Å². The molecule has 0 aromatic heterocycles. The van der Waals surface area contributed by atoms with Gasteiger partial charge in [0, 0.05) is 19.8 Å². The predicted octanol–water partition coefficient (Wildman–Crippen LogP) is 1.18. The van der Waals surface area contributed by atoms with Crippen LogP contribution in [-0.4, -0.2) is 24.5 Å². The second-order valence-corrected chi connectivity index (χ2v) is 1.68. The molecule has 1 aliphatic heterocycles. The van der Waals surface area contributed by atoms with Crippen LogP contribution in [0.5, 0.6) is 0 Å². The SMILES string of the molecule is CC.CN1C=CCNC1=O. The highest BCUT2D eigenvalue weighted by atomic mass is 16.2. The topological polar surface area (TPSA) is 32.3 Å². The van der Waals surface area contributed by atoms with E-state index in [2.05, 4.69) is 5.32 Å². The maximum atomic E-state index is 10.6. The summed E-state index contributed by atoms with van der Waals surface area (Å²) in [5, 5.41) is 2.63. The molecule has 3 nitrogen and oxygen atoms in total. The van der Waals surface area contributed by atoms with Gasteiger partial charge in [-0.2, -0.15) is 0 Å². The van der Waals surface area contributed by atoms with Crippen molar-refractivity contribution in [2.75, 3.05) is 13.6 Å². The molecule has 1 N–H and O–H groups in total. The Kier molecular flexibility index (Phi) is 4.37. The van der Waals surface area contributed by atoms with Crippen molar-refractivity contribution in [2.24, 2.45) is 0 Å². The lowest BCUT2D eigenvalue weighted by Gasteiger charge is -2.16. The molecule has 1 heterocycles. The van der Waals surface area contributed by atoms with Gasteiger partial charge in [0.1, 0.15) is 0 Å². The Bertz CT molecular complexity index is 132. The first-order chi connectivity index (χ1) is 4.80. The number of amides is 2. The van der Waals surface area contributed by atoms with Gasteiger partial charge in [0.05, 0.1) is 0 Å². The number of rotatable bonds is 0. The first-order valence-corrected chi connectivity index (χ1v) is 3.48. The van der Waals surface area contributed by atoms with E-state index in [1.54, 1.807) is 13.2 Å². The maximum absolute atomic E-state index is 10.6. The maximum Gasteiger partial charge on any atom is 0.321 e. The molecule has 0 saturated heterocycles. The Morgan fingerprint density at radius 2 is 2.20 bits per heavy atom. The summed E-state index contributed by atoms with van der Waals surface area (Å²) in [4.78, 5) is 12.1. The van der Waals surface area contributed by atoms with Crippen LogP contribution in [-0.2, 0) is 0 Å². The van der Waals surface area contributed by atoms with Gasteiger partial charge in [-0.15, -0.1) is 0 Å². The fraction of sp³-hybridized carbons (Fsp3) is 0.571. The molecule has 0 unspecified atom stereocenters. The molecule has 0 saturated carbocycles. The minimum atomic E-state index is -0.0347. The second kappa shape index (κ2) is 4.85. The Hall–Kier alpha value is -0.990. The molecular weight excluding hydrogens is 128 g/mol. The summed E-state index contributed by atoms with van der Waals surface area (Å²) >= 11 is 0. The molecule has 0 bridgehead atoms. The fourth-order valence-electron chi connectivity index (χ4n) is 0.549. The Balaban J connectivity index is 0.000000371. The van der Waals surface area contributed by atoms with Crippen molar-refractivity contribution < 1.29 is 4.79 Å². The number of nitrogens with zero attached hydrogens (tertiary/aromatic N) is 1. The van der Waals surface area contributed by atoms with E-state index in [0.717, 1.165) is 0 Å². The van der Waals surface area contributed by atoms with Crippen molar-refractivity contribution in [1.29, 1.82) is 0 Å². The summed E-state index contributed by atoms with van der Waals surface area (Å²) in [5.41, 5.74) is 0. The zero-order valence-corrected chi connectivity index (χ0v) is 6.72. The highest BCUT2D eigenvalue weighted by Crippen LogP contribution is 1.89. The molecule has 0 aliphatic carbocycles. The van der Waals surface area contributed by atoms with Crippen molar-refractivity contribution in [2.45, 2.75) is 13.8 Å². The highest BCUT2D eigenvalue weighted by molar-refractivity contribution is 5.75. The summed E-state index contributed by atoms with van der Waals surface area (Å²) in [6, 6.07) is -0.0347.